The van der Waals surface area contributed by atoms with Gasteiger partial charge in [-0.3, -0.25) is 10.1 Å². The van der Waals surface area contributed by atoms with Gasteiger partial charge in [-0.2, -0.15) is 0 Å². The summed E-state index contributed by atoms with van der Waals surface area (Å²) < 4.78 is 10.7. The average Bonchev–Trinajstić information content (AvgIpc) is 3.02. The third kappa shape index (κ3) is 5.09. The van der Waals surface area contributed by atoms with Crippen LogP contribution in [0.5, 0.6) is 11.5 Å². The molecule has 1 aromatic rings. The normalized spacial score (nSPS) is 17.8. The molecule has 1 aliphatic heterocycles. The summed E-state index contributed by atoms with van der Waals surface area (Å²) in [5, 5.41) is 5.32. The van der Waals surface area contributed by atoms with Crippen LogP contribution < -0.4 is 25.0 Å². The molecule has 25 heavy (non-hydrogen) atoms. The number of hydrogen-bond donors (Lipinski definition) is 3. The number of fused-ring (bicyclic) bond motifs is 1. The Morgan fingerprint density at radius 2 is 1.92 bits per heavy atom. The molecule has 3 rings (SSSR count). The second kappa shape index (κ2) is 8.20. The van der Waals surface area contributed by atoms with E-state index in [9.17, 15) is 9.59 Å². The number of amides is 3. The number of urea groups is 1. The molecule has 1 unspecified atom stereocenters. The highest BCUT2D eigenvalue weighted by molar-refractivity contribution is 5.94. The van der Waals surface area contributed by atoms with Crippen molar-refractivity contribution >= 4 is 11.9 Å². The highest BCUT2D eigenvalue weighted by atomic mass is 16.7. The molecule has 136 valence electrons. The van der Waals surface area contributed by atoms with Gasteiger partial charge in [-0.25, -0.2) is 4.79 Å². The van der Waals surface area contributed by atoms with Crippen LogP contribution in [-0.2, 0) is 11.3 Å². The topological polar surface area (TPSA) is 81.1 Å². The summed E-state index contributed by atoms with van der Waals surface area (Å²) in [6.07, 6.45) is 5.50. The zero-order valence-electron chi connectivity index (χ0n) is 14.6. The number of rotatable bonds is 5. The van der Waals surface area contributed by atoms with E-state index in [1.807, 2.05) is 25.2 Å². The van der Waals surface area contributed by atoms with Crippen molar-refractivity contribution in [2.24, 2.45) is 0 Å². The van der Waals surface area contributed by atoms with Crippen molar-refractivity contribution in [2.45, 2.75) is 44.7 Å². The fourth-order valence-corrected chi connectivity index (χ4v) is 3.38. The van der Waals surface area contributed by atoms with Crippen molar-refractivity contribution in [3.8, 4) is 11.5 Å². The molecule has 2 aliphatic rings. The number of imide groups is 1. The number of nitrogens with one attached hydrogen (secondary N) is 3. The van der Waals surface area contributed by atoms with Crippen LogP contribution in [0.1, 0.15) is 37.7 Å². The Hall–Kier alpha value is -2.28. The summed E-state index contributed by atoms with van der Waals surface area (Å²) >= 11 is 0. The van der Waals surface area contributed by atoms with Gasteiger partial charge >= 0.3 is 6.03 Å². The van der Waals surface area contributed by atoms with Gasteiger partial charge in [0.25, 0.3) is 5.91 Å². The zero-order valence-corrected chi connectivity index (χ0v) is 14.6. The van der Waals surface area contributed by atoms with Crippen molar-refractivity contribution in [3.05, 3.63) is 23.8 Å². The molecule has 1 aromatic carbocycles. The van der Waals surface area contributed by atoms with E-state index >= 15 is 0 Å². The highest BCUT2D eigenvalue weighted by Crippen LogP contribution is 2.32. The van der Waals surface area contributed by atoms with Gasteiger partial charge in [0.2, 0.25) is 6.79 Å². The first kappa shape index (κ1) is 17.5. The van der Waals surface area contributed by atoms with Gasteiger partial charge in [0, 0.05) is 11.6 Å². The first-order valence-electron chi connectivity index (χ1n) is 8.90. The number of benzene rings is 1. The Kier molecular flexibility index (Phi) is 5.75. The minimum Gasteiger partial charge on any atom is -0.454 e. The van der Waals surface area contributed by atoms with Crippen LogP contribution in [0.4, 0.5) is 4.79 Å². The highest BCUT2D eigenvalue weighted by Gasteiger charge is 2.19. The molecule has 7 nitrogen and oxygen atoms in total. The third-order valence-electron chi connectivity index (χ3n) is 4.60. The van der Waals surface area contributed by atoms with E-state index in [1.54, 1.807) is 0 Å². The van der Waals surface area contributed by atoms with Crippen LogP contribution in [0.2, 0.25) is 0 Å². The summed E-state index contributed by atoms with van der Waals surface area (Å²) in [4.78, 5) is 24.9. The monoisotopic (exact) mass is 348 g/mol. The first-order valence-corrected chi connectivity index (χ1v) is 8.90. The van der Waals surface area contributed by atoms with Gasteiger partial charge in [0.15, 0.2) is 18.0 Å². The lowest BCUT2D eigenvalue weighted by molar-refractivity contribution is -0.885. The van der Waals surface area contributed by atoms with E-state index in [1.165, 1.54) is 6.42 Å². The van der Waals surface area contributed by atoms with E-state index < -0.39 is 0 Å². The number of hydrogen-bond acceptors (Lipinski definition) is 4. The van der Waals surface area contributed by atoms with Gasteiger partial charge in [-0.15, -0.1) is 0 Å². The first-order chi connectivity index (χ1) is 12.1. The van der Waals surface area contributed by atoms with Crippen LogP contribution in [-0.4, -0.2) is 38.4 Å². The molecule has 0 saturated heterocycles. The number of quaternary nitrogens is 1. The van der Waals surface area contributed by atoms with E-state index in [0.717, 1.165) is 47.6 Å². The fourth-order valence-electron chi connectivity index (χ4n) is 3.38. The molecule has 7 heteroatoms. The maximum atomic E-state index is 12.0. The van der Waals surface area contributed by atoms with Crippen molar-refractivity contribution in [1.29, 1.82) is 0 Å². The molecular weight excluding hydrogens is 322 g/mol. The molecule has 0 spiro atoms. The predicted octanol–water partition coefficient (Wildman–Crippen LogP) is 0.589. The van der Waals surface area contributed by atoms with Crippen molar-refractivity contribution in [3.63, 3.8) is 0 Å². The van der Waals surface area contributed by atoms with Crippen LogP contribution in [0.25, 0.3) is 0 Å². The van der Waals surface area contributed by atoms with Crippen molar-refractivity contribution in [1.82, 2.24) is 10.6 Å². The van der Waals surface area contributed by atoms with Crippen LogP contribution in [0.15, 0.2) is 18.2 Å². The lowest BCUT2D eigenvalue weighted by Crippen LogP contribution is -3.09. The lowest BCUT2D eigenvalue weighted by Gasteiger charge is -2.22. The largest absolute Gasteiger partial charge is 0.454 e. The van der Waals surface area contributed by atoms with Crippen LogP contribution >= 0.6 is 0 Å². The molecular formula is C18H26N3O4+. The van der Waals surface area contributed by atoms with E-state index in [-0.39, 0.29) is 31.3 Å². The quantitative estimate of drug-likeness (QED) is 0.727. The molecule has 1 saturated carbocycles. The van der Waals surface area contributed by atoms with E-state index in [2.05, 4.69) is 10.6 Å². The van der Waals surface area contributed by atoms with E-state index in [0.29, 0.717) is 6.54 Å². The van der Waals surface area contributed by atoms with Crippen molar-refractivity contribution in [2.75, 3.05) is 20.4 Å². The molecule has 0 aromatic heterocycles. The number of carbonyl (C=O) groups excluding carboxylic acids is 2. The fraction of sp³-hybridized carbons (Fsp3) is 0.556. The summed E-state index contributed by atoms with van der Waals surface area (Å²) in [6.45, 7) is 1.14. The van der Waals surface area contributed by atoms with E-state index in [4.69, 9.17) is 9.47 Å². The number of carbonyl (C=O) groups is 2. The van der Waals surface area contributed by atoms with Crippen molar-refractivity contribution < 1.29 is 24.0 Å². The Balaban J connectivity index is 1.41. The minimum absolute atomic E-state index is 0.195. The molecule has 1 heterocycles. The lowest BCUT2D eigenvalue weighted by atomic mass is 9.96. The Morgan fingerprint density at radius 1 is 1.16 bits per heavy atom. The maximum absolute atomic E-state index is 12.0. The van der Waals surface area contributed by atoms with Gasteiger partial charge in [0.05, 0.1) is 7.05 Å². The Morgan fingerprint density at radius 3 is 2.72 bits per heavy atom. The molecule has 3 amide bonds. The maximum Gasteiger partial charge on any atom is 0.321 e. The number of ether oxygens (including phenoxy) is 2. The molecule has 1 aliphatic carbocycles. The van der Waals surface area contributed by atoms with Crippen LogP contribution in [0, 0.1) is 0 Å². The summed E-state index contributed by atoms with van der Waals surface area (Å²) in [7, 11) is 1.92. The van der Waals surface area contributed by atoms with Gasteiger partial charge in [0.1, 0.15) is 6.54 Å². The zero-order chi connectivity index (χ0) is 17.6. The number of likely N-dealkylation sites (N-methyl/N-ethyl adjacent to an activating group) is 1. The SMILES string of the molecule is C[NH+](CC(=O)NC(=O)NC1CCCCC1)Cc1ccc2c(c1)OCO2. The third-order valence-corrected chi connectivity index (χ3v) is 4.60. The second-order valence-electron chi connectivity index (χ2n) is 6.85. The molecule has 0 bridgehead atoms. The van der Waals surface area contributed by atoms with Gasteiger partial charge in [-0.05, 0) is 31.0 Å². The Labute approximate surface area is 147 Å². The summed E-state index contributed by atoms with van der Waals surface area (Å²) in [5.41, 5.74) is 1.06. The standard InChI is InChI=1S/C18H25N3O4/c1-21(10-13-7-8-15-16(9-13)25-12-24-15)11-17(22)20-18(23)19-14-5-3-2-4-6-14/h7-9,14H,2-6,10-12H2,1H3,(H2,19,20,22,23)/p+1. The Bertz CT molecular complexity index is 629. The molecule has 1 atom stereocenters. The minimum atomic E-state index is -0.382. The summed E-state index contributed by atoms with van der Waals surface area (Å²) in [5.74, 6) is 1.21. The van der Waals surface area contributed by atoms with Crippen LogP contribution in [0.3, 0.4) is 0 Å². The molecule has 3 N–H and O–H groups in total. The van der Waals surface area contributed by atoms with Gasteiger partial charge < -0.3 is 19.7 Å². The van der Waals surface area contributed by atoms with Gasteiger partial charge in [-0.1, -0.05) is 19.3 Å². The predicted molar refractivity (Wildman–Crippen MR) is 91.6 cm³/mol. The average molecular weight is 348 g/mol. The smallest absolute Gasteiger partial charge is 0.321 e. The molecule has 0 radical (unpaired) electrons. The second-order valence-corrected chi connectivity index (χ2v) is 6.85. The summed E-state index contributed by atoms with van der Waals surface area (Å²) in [6, 6.07) is 5.58. The molecule has 1 fully saturated rings.